The average Bonchev–Trinajstić information content (AvgIpc) is 2.39. The topological polar surface area (TPSA) is 48.3 Å². The first kappa shape index (κ1) is 13.1. The van der Waals surface area contributed by atoms with Crippen molar-refractivity contribution in [2.45, 2.75) is 13.8 Å². The van der Waals surface area contributed by atoms with Crippen LogP contribution >= 0.6 is 0 Å². The smallest absolute Gasteiger partial charge is 0.192 e. The summed E-state index contributed by atoms with van der Waals surface area (Å²) in [6, 6.07) is 7.21. The number of methoxy groups -OCH3 is 1. The van der Waals surface area contributed by atoms with Gasteiger partial charge in [-0.05, 0) is 31.5 Å². The van der Waals surface area contributed by atoms with Gasteiger partial charge in [0.2, 0.25) is 0 Å². The second kappa shape index (κ2) is 5.10. The van der Waals surface area contributed by atoms with Crippen LogP contribution in [0.1, 0.15) is 21.6 Å². The van der Waals surface area contributed by atoms with E-state index in [-0.39, 0.29) is 11.0 Å². The Labute approximate surface area is 111 Å². The van der Waals surface area contributed by atoms with Gasteiger partial charge < -0.3 is 9.30 Å². The van der Waals surface area contributed by atoms with Gasteiger partial charge in [0.25, 0.3) is 0 Å². The van der Waals surface area contributed by atoms with Crippen molar-refractivity contribution in [1.29, 1.82) is 0 Å². The summed E-state index contributed by atoms with van der Waals surface area (Å²) < 4.78 is 7.11. The zero-order valence-electron chi connectivity index (χ0n) is 11.1. The molecule has 19 heavy (non-hydrogen) atoms. The van der Waals surface area contributed by atoms with Gasteiger partial charge in [-0.3, -0.25) is 9.59 Å². The summed E-state index contributed by atoms with van der Waals surface area (Å²) >= 11 is 0. The molecule has 0 radical (unpaired) electrons. The van der Waals surface area contributed by atoms with E-state index in [1.165, 1.54) is 6.07 Å². The lowest BCUT2D eigenvalue weighted by Gasteiger charge is -2.15. The van der Waals surface area contributed by atoms with Crippen LogP contribution in [0.4, 0.5) is 0 Å². The first-order valence-electron chi connectivity index (χ1n) is 5.90. The first-order valence-corrected chi connectivity index (χ1v) is 5.90. The van der Waals surface area contributed by atoms with E-state index in [9.17, 15) is 9.59 Å². The second-order valence-corrected chi connectivity index (χ2v) is 4.40. The van der Waals surface area contributed by atoms with Crippen LogP contribution in [0.15, 0.2) is 35.3 Å². The molecule has 2 aromatic rings. The van der Waals surface area contributed by atoms with Gasteiger partial charge in [-0.25, -0.2) is 0 Å². The Morgan fingerprint density at radius 3 is 2.58 bits per heavy atom. The Balaban J connectivity index is 2.74. The van der Waals surface area contributed by atoms with Crippen LogP contribution in [0, 0.1) is 13.8 Å². The zero-order chi connectivity index (χ0) is 14.0. The van der Waals surface area contributed by atoms with Crippen molar-refractivity contribution in [3.63, 3.8) is 0 Å². The Morgan fingerprint density at radius 1 is 1.21 bits per heavy atom. The number of hydrogen-bond donors (Lipinski definition) is 0. The standard InChI is InChI=1S/C15H15NO3/c1-10-4-5-15(19-3)13(6-10)16-8-12(9-17)14(18)7-11(16)2/h4-9H,1-3H3. The first-order chi connectivity index (χ1) is 9.06. The van der Waals surface area contributed by atoms with Crippen LogP contribution < -0.4 is 10.2 Å². The molecule has 0 atom stereocenters. The Hall–Kier alpha value is -2.36. The average molecular weight is 257 g/mol. The van der Waals surface area contributed by atoms with Gasteiger partial charge in [-0.15, -0.1) is 0 Å². The molecule has 0 aliphatic carbocycles. The molecule has 0 aliphatic rings. The van der Waals surface area contributed by atoms with E-state index in [0.717, 1.165) is 16.9 Å². The van der Waals surface area contributed by atoms with Crippen LogP contribution in [-0.2, 0) is 0 Å². The number of pyridine rings is 1. The van der Waals surface area contributed by atoms with E-state index in [0.29, 0.717) is 12.0 Å². The van der Waals surface area contributed by atoms with Gasteiger partial charge in [-0.2, -0.15) is 0 Å². The molecule has 0 unspecified atom stereocenters. The number of nitrogens with zero attached hydrogens (tertiary/aromatic N) is 1. The fourth-order valence-electron chi connectivity index (χ4n) is 1.98. The fourth-order valence-corrected chi connectivity index (χ4v) is 1.98. The molecule has 0 amide bonds. The number of aryl methyl sites for hydroxylation is 2. The lowest BCUT2D eigenvalue weighted by molar-refractivity contribution is 0.112. The Bertz CT molecular complexity index is 686. The maximum atomic E-state index is 11.6. The molecular formula is C15H15NO3. The van der Waals surface area contributed by atoms with Crippen molar-refractivity contribution in [3.05, 3.63) is 57.5 Å². The number of aromatic nitrogens is 1. The Morgan fingerprint density at radius 2 is 1.95 bits per heavy atom. The molecule has 98 valence electrons. The van der Waals surface area contributed by atoms with Crippen molar-refractivity contribution < 1.29 is 9.53 Å². The molecule has 0 bridgehead atoms. The molecule has 0 saturated carbocycles. The third-order valence-corrected chi connectivity index (χ3v) is 2.99. The minimum absolute atomic E-state index is 0.133. The van der Waals surface area contributed by atoms with E-state index >= 15 is 0 Å². The molecule has 0 saturated heterocycles. The number of carbonyl (C=O) groups excluding carboxylic acids is 1. The summed E-state index contributed by atoms with van der Waals surface area (Å²) in [5.41, 5.74) is 2.49. The summed E-state index contributed by atoms with van der Waals surface area (Å²) in [6.45, 7) is 3.79. The van der Waals surface area contributed by atoms with Crippen molar-refractivity contribution in [1.82, 2.24) is 4.57 Å². The van der Waals surface area contributed by atoms with Crippen LogP contribution in [0.2, 0.25) is 0 Å². The minimum Gasteiger partial charge on any atom is -0.495 e. The lowest BCUT2D eigenvalue weighted by Crippen LogP contribution is -2.14. The predicted octanol–water partition coefficient (Wildman–Crippen LogP) is 2.28. The quantitative estimate of drug-likeness (QED) is 0.792. The number of aldehydes is 1. The van der Waals surface area contributed by atoms with Crippen LogP contribution in [-0.4, -0.2) is 18.0 Å². The molecule has 0 spiro atoms. The number of carbonyl (C=O) groups is 1. The van der Waals surface area contributed by atoms with Gasteiger partial charge >= 0.3 is 0 Å². The van der Waals surface area contributed by atoms with Crippen molar-refractivity contribution >= 4 is 6.29 Å². The SMILES string of the molecule is COc1ccc(C)cc1-n1cc(C=O)c(=O)cc1C. The number of rotatable bonds is 3. The number of ether oxygens (including phenoxy) is 1. The van der Waals surface area contributed by atoms with Gasteiger partial charge in [0, 0.05) is 18.0 Å². The second-order valence-electron chi connectivity index (χ2n) is 4.40. The summed E-state index contributed by atoms with van der Waals surface area (Å²) in [4.78, 5) is 22.5. The zero-order valence-corrected chi connectivity index (χ0v) is 11.1. The normalized spacial score (nSPS) is 10.3. The van der Waals surface area contributed by atoms with E-state index < -0.39 is 0 Å². The third-order valence-electron chi connectivity index (χ3n) is 2.99. The lowest BCUT2D eigenvalue weighted by atomic mass is 10.1. The number of hydrogen-bond acceptors (Lipinski definition) is 3. The van der Waals surface area contributed by atoms with Crippen molar-refractivity contribution in [2.24, 2.45) is 0 Å². The molecule has 4 nitrogen and oxygen atoms in total. The van der Waals surface area contributed by atoms with Gasteiger partial charge in [0.1, 0.15) is 5.75 Å². The highest BCUT2D eigenvalue weighted by Crippen LogP contribution is 2.24. The van der Waals surface area contributed by atoms with Crippen LogP contribution in [0.25, 0.3) is 5.69 Å². The van der Waals surface area contributed by atoms with Crippen LogP contribution in [0.3, 0.4) is 0 Å². The van der Waals surface area contributed by atoms with Gasteiger partial charge in [0.05, 0.1) is 18.4 Å². The molecule has 0 N–H and O–H groups in total. The molecule has 0 fully saturated rings. The highest BCUT2D eigenvalue weighted by Gasteiger charge is 2.09. The molecular weight excluding hydrogens is 242 g/mol. The molecule has 2 rings (SSSR count). The van der Waals surface area contributed by atoms with Crippen molar-refractivity contribution in [3.8, 4) is 11.4 Å². The third kappa shape index (κ3) is 2.42. The number of benzene rings is 1. The highest BCUT2D eigenvalue weighted by atomic mass is 16.5. The molecule has 4 heteroatoms. The maximum absolute atomic E-state index is 11.6. The van der Waals surface area contributed by atoms with Gasteiger partial charge in [0.15, 0.2) is 11.7 Å². The van der Waals surface area contributed by atoms with E-state index in [2.05, 4.69) is 0 Å². The molecule has 1 heterocycles. The van der Waals surface area contributed by atoms with E-state index in [4.69, 9.17) is 4.74 Å². The highest BCUT2D eigenvalue weighted by molar-refractivity contribution is 5.74. The molecule has 1 aromatic carbocycles. The summed E-state index contributed by atoms with van der Waals surface area (Å²) in [5.74, 6) is 0.689. The largest absolute Gasteiger partial charge is 0.495 e. The van der Waals surface area contributed by atoms with Gasteiger partial charge in [-0.1, -0.05) is 6.07 Å². The predicted molar refractivity (Wildman–Crippen MR) is 73.5 cm³/mol. The maximum Gasteiger partial charge on any atom is 0.192 e. The van der Waals surface area contributed by atoms with Crippen LogP contribution in [0.5, 0.6) is 5.75 Å². The minimum atomic E-state index is -0.268. The summed E-state index contributed by atoms with van der Waals surface area (Å²) in [7, 11) is 1.59. The Kier molecular flexibility index (Phi) is 3.51. The summed E-state index contributed by atoms with van der Waals surface area (Å²) in [5, 5.41) is 0. The summed E-state index contributed by atoms with van der Waals surface area (Å²) in [6.07, 6.45) is 2.11. The molecule has 1 aromatic heterocycles. The molecule has 0 aliphatic heterocycles. The van der Waals surface area contributed by atoms with E-state index in [1.807, 2.05) is 32.0 Å². The van der Waals surface area contributed by atoms with E-state index in [1.54, 1.807) is 17.9 Å². The monoisotopic (exact) mass is 257 g/mol. The van der Waals surface area contributed by atoms with Crippen molar-refractivity contribution in [2.75, 3.05) is 7.11 Å². The fraction of sp³-hybridized carbons (Fsp3) is 0.200.